The maximum Gasteiger partial charge on any atom is 0.292 e. The van der Waals surface area contributed by atoms with Crippen molar-refractivity contribution in [2.24, 2.45) is 0 Å². The van der Waals surface area contributed by atoms with Crippen LogP contribution in [0.4, 0.5) is 5.82 Å². The zero-order valence-electron chi connectivity index (χ0n) is 12.3. The predicted octanol–water partition coefficient (Wildman–Crippen LogP) is 4.22. The van der Waals surface area contributed by atoms with Gasteiger partial charge < -0.3 is 9.73 Å². The first-order valence-corrected chi connectivity index (χ1v) is 7.98. The third kappa shape index (κ3) is 2.43. The molecule has 114 valence electrons. The van der Waals surface area contributed by atoms with Crippen LogP contribution in [0.1, 0.15) is 16.1 Å². The molecular weight excluding hydrogens is 310 g/mol. The predicted molar refractivity (Wildman–Crippen MR) is 89.9 cm³/mol. The Morgan fingerprint density at radius 3 is 2.96 bits per heavy atom. The Morgan fingerprint density at radius 1 is 1.30 bits per heavy atom. The molecule has 23 heavy (non-hydrogen) atoms. The minimum atomic E-state index is -0.296. The van der Waals surface area contributed by atoms with Crippen molar-refractivity contribution in [3.63, 3.8) is 0 Å². The van der Waals surface area contributed by atoms with Gasteiger partial charge in [-0.15, -0.1) is 11.3 Å². The molecule has 0 atom stereocenters. The topological polar surface area (TPSA) is 59.5 Å². The highest BCUT2D eigenvalue weighted by Gasteiger charge is 2.19. The van der Waals surface area contributed by atoms with Crippen molar-refractivity contribution >= 4 is 28.7 Å². The zero-order chi connectivity index (χ0) is 15.8. The van der Waals surface area contributed by atoms with E-state index < -0.39 is 0 Å². The summed E-state index contributed by atoms with van der Waals surface area (Å²) in [6.07, 6.45) is 3.39. The lowest BCUT2D eigenvalue weighted by Crippen LogP contribution is -2.13. The number of carbonyl (C=O) groups excluding carboxylic acids is 1. The van der Waals surface area contributed by atoms with Gasteiger partial charge in [-0.1, -0.05) is 6.07 Å². The Kier molecular flexibility index (Phi) is 3.24. The molecule has 1 amide bonds. The second-order valence-corrected chi connectivity index (χ2v) is 6.10. The highest BCUT2D eigenvalue weighted by molar-refractivity contribution is 7.13. The number of anilines is 1. The van der Waals surface area contributed by atoms with Gasteiger partial charge in [-0.05, 0) is 48.2 Å². The molecule has 4 aromatic heterocycles. The molecule has 0 saturated heterocycles. The Hall–Kier alpha value is -2.86. The summed E-state index contributed by atoms with van der Waals surface area (Å²) in [6.45, 7) is 2.01. The third-order valence-corrected chi connectivity index (χ3v) is 4.39. The number of pyridine rings is 1. The van der Waals surface area contributed by atoms with Gasteiger partial charge in [0.2, 0.25) is 0 Å². The number of aromatic nitrogens is 2. The summed E-state index contributed by atoms with van der Waals surface area (Å²) in [5.41, 5.74) is 2.66. The summed E-state index contributed by atoms with van der Waals surface area (Å²) >= 11 is 1.58. The number of thiophene rings is 1. The average Bonchev–Trinajstić information content (AvgIpc) is 3.28. The Bertz CT molecular complexity index is 969. The van der Waals surface area contributed by atoms with E-state index in [0.717, 1.165) is 21.8 Å². The molecule has 0 saturated carbocycles. The fraction of sp³-hybridized carbons (Fsp3) is 0.0588. The number of imidazole rings is 1. The van der Waals surface area contributed by atoms with E-state index in [4.69, 9.17) is 4.42 Å². The van der Waals surface area contributed by atoms with Crippen LogP contribution >= 0.6 is 11.3 Å². The molecule has 0 spiro atoms. The van der Waals surface area contributed by atoms with Crippen LogP contribution in [0.3, 0.4) is 0 Å². The van der Waals surface area contributed by atoms with Gasteiger partial charge in [-0.25, -0.2) is 4.98 Å². The standard InChI is InChI=1S/C17H13N3O2S/c1-11-6-7-20-14(10-11)18-15(13-5-3-9-23-13)16(20)19-17(21)12-4-2-8-22-12/h2-10H,1H3,(H,19,21). The molecule has 1 N–H and O–H groups in total. The fourth-order valence-electron chi connectivity index (χ4n) is 2.43. The first-order chi connectivity index (χ1) is 11.2. The number of nitrogens with zero attached hydrogens (tertiary/aromatic N) is 2. The van der Waals surface area contributed by atoms with Gasteiger partial charge >= 0.3 is 0 Å². The number of fused-ring (bicyclic) bond motifs is 1. The van der Waals surface area contributed by atoms with E-state index in [0.29, 0.717) is 5.82 Å². The lowest BCUT2D eigenvalue weighted by molar-refractivity contribution is 0.0996. The molecule has 0 aliphatic rings. The van der Waals surface area contributed by atoms with E-state index in [1.54, 1.807) is 23.5 Å². The van der Waals surface area contributed by atoms with Crippen LogP contribution in [-0.2, 0) is 0 Å². The normalized spacial score (nSPS) is 11.0. The summed E-state index contributed by atoms with van der Waals surface area (Å²) in [5.74, 6) is 0.614. The lowest BCUT2D eigenvalue weighted by Gasteiger charge is -2.05. The number of aryl methyl sites for hydroxylation is 1. The molecule has 0 fully saturated rings. The molecule has 6 heteroatoms. The van der Waals surface area contributed by atoms with Crippen LogP contribution in [-0.4, -0.2) is 15.3 Å². The largest absolute Gasteiger partial charge is 0.459 e. The summed E-state index contributed by atoms with van der Waals surface area (Å²) in [4.78, 5) is 18.0. The number of hydrogen-bond acceptors (Lipinski definition) is 4. The monoisotopic (exact) mass is 323 g/mol. The van der Waals surface area contributed by atoms with Crippen molar-refractivity contribution in [2.75, 3.05) is 5.32 Å². The van der Waals surface area contributed by atoms with Gasteiger partial charge in [0, 0.05) is 6.20 Å². The first kappa shape index (κ1) is 13.8. The molecule has 0 aliphatic carbocycles. The van der Waals surface area contributed by atoms with Crippen LogP contribution in [0.15, 0.2) is 58.7 Å². The summed E-state index contributed by atoms with van der Waals surface area (Å²) < 4.78 is 7.04. The molecular formula is C17H13N3O2S. The minimum Gasteiger partial charge on any atom is -0.459 e. The lowest BCUT2D eigenvalue weighted by atomic mass is 10.3. The number of carbonyl (C=O) groups is 1. The quantitative estimate of drug-likeness (QED) is 0.614. The number of hydrogen-bond donors (Lipinski definition) is 1. The van der Waals surface area contributed by atoms with Crippen molar-refractivity contribution in [2.45, 2.75) is 6.92 Å². The number of amides is 1. The van der Waals surface area contributed by atoms with Crippen LogP contribution in [0, 0.1) is 6.92 Å². The van der Waals surface area contributed by atoms with Crippen LogP contribution in [0.2, 0.25) is 0 Å². The average molecular weight is 323 g/mol. The second kappa shape index (κ2) is 5.40. The third-order valence-electron chi connectivity index (χ3n) is 3.51. The number of furan rings is 1. The summed E-state index contributed by atoms with van der Waals surface area (Å²) in [6, 6.07) is 11.2. The van der Waals surface area contributed by atoms with E-state index in [9.17, 15) is 4.79 Å². The second-order valence-electron chi connectivity index (χ2n) is 5.15. The maximum absolute atomic E-state index is 12.4. The SMILES string of the molecule is Cc1ccn2c(NC(=O)c3ccco3)c(-c3cccs3)nc2c1. The van der Waals surface area contributed by atoms with E-state index in [-0.39, 0.29) is 11.7 Å². The van der Waals surface area contributed by atoms with E-state index in [2.05, 4.69) is 10.3 Å². The van der Waals surface area contributed by atoms with Crippen molar-refractivity contribution in [3.8, 4) is 10.6 Å². The molecule has 0 bridgehead atoms. The molecule has 4 aromatic rings. The van der Waals surface area contributed by atoms with Crippen LogP contribution in [0.5, 0.6) is 0 Å². The summed E-state index contributed by atoms with van der Waals surface area (Å²) in [7, 11) is 0. The van der Waals surface area contributed by atoms with E-state index in [1.807, 2.05) is 47.2 Å². The fourth-order valence-corrected chi connectivity index (χ4v) is 3.14. The van der Waals surface area contributed by atoms with Gasteiger partial charge in [0.15, 0.2) is 5.76 Å². The van der Waals surface area contributed by atoms with E-state index >= 15 is 0 Å². The molecule has 0 aliphatic heterocycles. The number of rotatable bonds is 3. The Balaban J connectivity index is 1.86. The molecule has 0 aromatic carbocycles. The highest BCUT2D eigenvalue weighted by Crippen LogP contribution is 2.32. The molecule has 4 rings (SSSR count). The molecule has 4 heterocycles. The van der Waals surface area contributed by atoms with Crippen molar-refractivity contribution in [1.29, 1.82) is 0 Å². The highest BCUT2D eigenvalue weighted by atomic mass is 32.1. The van der Waals surface area contributed by atoms with Crippen molar-refractivity contribution in [1.82, 2.24) is 9.38 Å². The molecule has 5 nitrogen and oxygen atoms in total. The van der Waals surface area contributed by atoms with Crippen molar-refractivity contribution < 1.29 is 9.21 Å². The number of nitrogens with one attached hydrogen (secondary N) is 1. The van der Waals surface area contributed by atoms with Gasteiger partial charge in [0.1, 0.15) is 17.2 Å². The van der Waals surface area contributed by atoms with Gasteiger partial charge in [0.05, 0.1) is 11.1 Å². The smallest absolute Gasteiger partial charge is 0.292 e. The van der Waals surface area contributed by atoms with E-state index in [1.165, 1.54) is 6.26 Å². The van der Waals surface area contributed by atoms with Crippen molar-refractivity contribution in [3.05, 3.63) is 65.6 Å². The Morgan fingerprint density at radius 2 is 2.22 bits per heavy atom. The molecule has 0 radical (unpaired) electrons. The van der Waals surface area contributed by atoms with Crippen LogP contribution < -0.4 is 5.32 Å². The maximum atomic E-state index is 12.4. The Labute approximate surface area is 136 Å². The summed E-state index contributed by atoms with van der Waals surface area (Å²) in [5, 5.41) is 4.91. The van der Waals surface area contributed by atoms with Gasteiger partial charge in [0.25, 0.3) is 5.91 Å². The van der Waals surface area contributed by atoms with Crippen LogP contribution in [0.25, 0.3) is 16.2 Å². The molecule has 0 unspecified atom stereocenters. The van der Waals surface area contributed by atoms with Gasteiger partial charge in [-0.2, -0.15) is 0 Å². The minimum absolute atomic E-state index is 0.268. The first-order valence-electron chi connectivity index (χ1n) is 7.10. The zero-order valence-corrected chi connectivity index (χ0v) is 13.1. The van der Waals surface area contributed by atoms with Gasteiger partial charge in [-0.3, -0.25) is 9.20 Å².